The third-order valence-electron chi connectivity index (χ3n) is 4.71. The van der Waals surface area contributed by atoms with Crippen LogP contribution in [0, 0.1) is 0 Å². The Kier molecular flexibility index (Phi) is 7.48. The van der Waals surface area contributed by atoms with Crippen molar-refractivity contribution in [3.63, 3.8) is 0 Å². The molecule has 10 heteroatoms. The van der Waals surface area contributed by atoms with Crippen LogP contribution in [0.3, 0.4) is 0 Å². The van der Waals surface area contributed by atoms with E-state index in [-0.39, 0.29) is 24.1 Å². The highest BCUT2D eigenvalue weighted by molar-refractivity contribution is 7.99. The number of thiazole rings is 1. The van der Waals surface area contributed by atoms with Crippen LogP contribution in [0.4, 0.5) is 5.13 Å². The Balaban J connectivity index is 1.31. The Morgan fingerprint density at radius 2 is 1.76 bits per heavy atom. The van der Waals surface area contributed by atoms with Gasteiger partial charge in [0, 0.05) is 23.1 Å². The summed E-state index contributed by atoms with van der Waals surface area (Å²) in [7, 11) is 0. The topological polar surface area (TPSA) is 102 Å². The molecule has 0 saturated carbocycles. The highest BCUT2D eigenvalue weighted by atomic mass is 32.2. The smallest absolute Gasteiger partial charge is 0.251 e. The first-order valence-electron chi connectivity index (χ1n) is 10.3. The van der Waals surface area contributed by atoms with Crippen molar-refractivity contribution in [1.29, 1.82) is 0 Å². The summed E-state index contributed by atoms with van der Waals surface area (Å²) in [5.41, 5.74) is 2.42. The molecule has 8 nitrogen and oxygen atoms in total. The molecule has 0 radical (unpaired) electrons. The number of carbonyl (C=O) groups excluding carboxylic acids is 2. The number of benzene rings is 2. The monoisotopic (exact) mass is 478 g/mol. The second kappa shape index (κ2) is 10.9. The van der Waals surface area contributed by atoms with Crippen LogP contribution in [0.5, 0.6) is 0 Å². The second-order valence-electron chi connectivity index (χ2n) is 6.93. The molecule has 33 heavy (non-hydrogen) atoms. The van der Waals surface area contributed by atoms with Crippen molar-refractivity contribution in [2.75, 3.05) is 11.1 Å². The number of nitrogens with one attached hydrogen (secondary N) is 2. The van der Waals surface area contributed by atoms with Crippen LogP contribution in [0.1, 0.15) is 23.1 Å². The molecule has 2 aromatic carbocycles. The van der Waals surface area contributed by atoms with Crippen LogP contribution in [0.2, 0.25) is 0 Å². The molecule has 168 valence electrons. The van der Waals surface area contributed by atoms with Gasteiger partial charge in [0.15, 0.2) is 16.1 Å². The number of anilines is 1. The SMILES string of the molecule is CCn1c(CNC(=O)c2ccccc2)nnc1SCC(=O)Nc1nc(-c2ccccc2)cs1. The van der Waals surface area contributed by atoms with Crippen LogP contribution in [0.25, 0.3) is 11.3 Å². The zero-order chi connectivity index (χ0) is 23.0. The largest absolute Gasteiger partial charge is 0.345 e. The summed E-state index contributed by atoms with van der Waals surface area (Å²) in [6, 6.07) is 18.8. The third kappa shape index (κ3) is 5.85. The van der Waals surface area contributed by atoms with Crippen molar-refractivity contribution in [3.8, 4) is 11.3 Å². The average molecular weight is 479 g/mol. The van der Waals surface area contributed by atoms with Gasteiger partial charge in [-0.25, -0.2) is 4.98 Å². The lowest BCUT2D eigenvalue weighted by atomic mass is 10.2. The van der Waals surface area contributed by atoms with E-state index in [9.17, 15) is 9.59 Å². The second-order valence-corrected chi connectivity index (χ2v) is 8.73. The van der Waals surface area contributed by atoms with E-state index in [0.29, 0.717) is 28.2 Å². The Morgan fingerprint density at radius 1 is 1.03 bits per heavy atom. The van der Waals surface area contributed by atoms with Gasteiger partial charge in [-0.15, -0.1) is 21.5 Å². The maximum atomic E-state index is 12.4. The molecule has 4 aromatic rings. The molecule has 2 aromatic heterocycles. The zero-order valence-corrected chi connectivity index (χ0v) is 19.5. The normalized spacial score (nSPS) is 10.7. The van der Waals surface area contributed by atoms with Gasteiger partial charge in [0.2, 0.25) is 5.91 Å². The summed E-state index contributed by atoms with van der Waals surface area (Å²) in [5, 5.41) is 17.2. The minimum Gasteiger partial charge on any atom is -0.345 e. The van der Waals surface area contributed by atoms with Crippen LogP contribution in [0.15, 0.2) is 71.2 Å². The van der Waals surface area contributed by atoms with Gasteiger partial charge < -0.3 is 15.2 Å². The molecule has 0 aliphatic rings. The van der Waals surface area contributed by atoms with Gasteiger partial charge in [-0.05, 0) is 19.1 Å². The molecular formula is C23H22N6O2S2. The number of carbonyl (C=O) groups is 2. The van der Waals surface area contributed by atoms with E-state index in [1.807, 2.05) is 65.4 Å². The fourth-order valence-corrected chi connectivity index (χ4v) is 4.64. The van der Waals surface area contributed by atoms with E-state index in [4.69, 9.17) is 0 Å². The van der Waals surface area contributed by atoms with Gasteiger partial charge in [-0.2, -0.15) is 0 Å². The number of rotatable bonds is 9. The van der Waals surface area contributed by atoms with Crippen LogP contribution < -0.4 is 10.6 Å². The van der Waals surface area contributed by atoms with Crippen molar-refractivity contribution in [2.45, 2.75) is 25.2 Å². The van der Waals surface area contributed by atoms with Crippen LogP contribution in [-0.4, -0.2) is 37.3 Å². The van der Waals surface area contributed by atoms with Crippen LogP contribution >= 0.6 is 23.1 Å². The number of amides is 2. The summed E-state index contributed by atoms with van der Waals surface area (Å²) in [6.07, 6.45) is 0. The molecule has 2 heterocycles. The van der Waals surface area contributed by atoms with E-state index < -0.39 is 0 Å². The molecule has 2 N–H and O–H groups in total. The first kappa shape index (κ1) is 22.7. The van der Waals surface area contributed by atoms with E-state index in [0.717, 1.165) is 11.3 Å². The van der Waals surface area contributed by atoms with Crippen molar-refractivity contribution in [3.05, 3.63) is 77.4 Å². The van der Waals surface area contributed by atoms with Gasteiger partial charge >= 0.3 is 0 Å². The number of aromatic nitrogens is 4. The lowest BCUT2D eigenvalue weighted by Gasteiger charge is -2.08. The van der Waals surface area contributed by atoms with Gasteiger partial charge in [0.25, 0.3) is 5.91 Å². The zero-order valence-electron chi connectivity index (χ0n) is 17.9. The maximum absolute atomic E-state index is 12.4. The van der Waals surface area contributed by atoms with E-state index in [1.165, 1.54) is 23.1 Å². The average Bonchev–Trinajstić information content (AvgIpc) is 3.48. The molecule has 0 aliphatic carbocycles. The minimum absolute atomic E-state index is 0.168. The molecule has 0 atom stereocenters. The molecule has 0 bridgehead atoms. The van der Waals surface area contributed by atoms with E-state index in [2.05, 4.69) is 25.8 Å². The lowest BCUT2D eigenvalue weighted by molar-refractivity contribution is -0.113. The number of hydrogen-bond acceptors (Lipinski definition) is 7. The van der Waals surface area contributed by atoms with Crippen molar-refractivity contribution in [1.82, 2.24) is 25.1 Å². The van der Waals surface area contributed by atoms with Gasteiger partial charge in [-0.1, -0.05) is 60.3 Å². The number of hydrogen-bond donors (Lipinski definition) is 2. The van der Waals surface area contributed by atoms with Crippen molar-refractivity contribution >= 4 is 40.0 Å². The van der Waals surface area contributed by atoms with E-state index in [1.54, 1.807) is 12.1 Å². The molecule has 0 unspecified atom stereocenters. The fourth-order valence-electron chi connectivity index (χ4n) is 3.08. The standard InChI is InChI=1S/C23H22N6O2S2/c1-2-29-19(13-24-21(31)17-11-7-4-8-12-17)27-28-23(29)33-15-20(30)26-22-25-18(14-32-22)16-9-5-3-6-10-16/h3-12,14H,2,13,15H2,1H3,(H,24,31)(H,25,26,30). The summed E-state index contributed by atoms with van der Waals surface area (Å²) in [5.74, 6) is 0.471. The Labute approximate surface area is 199 Å². The highest BCUT2D eigenvalue weighted by Crippen LogP contribution is 2.25. The summed E-state index contributed by atoms with van der Waals surface area (Å²) in [6.45, 7) is 2.85. The van der Waals surface area contributed by atoms with E-state index >= 15 is 0 Å². The van der Waals surface area contributed by atoms with Crippen molar-refractivity contribution < 1.29 is 9.59 Å². The Morgan fingerprint density at radius 3 is 2.48 bits per heavy atom. The number of thioether (sulfide) groups is 1. The Bertz CT molecular complexity index is 1220. The third-order valence-corrected chi connectivity index (χ3v) is 6.43. The quantitative estimate of drug-likeness (QED) is 0.352. The van der Waals surface area contributed by atoms with Crippen molar-refractivity contribution in [2.24, 2.45) is 0 Å². The predicted molar refractivity (Wildman–Crippen MR) is 130 cm³/mol. The first-order chi connectivity index (χ1) is 16.1. The number of nitrogens with zero attached hydrogens (tertiary/aromatic N) is 4. The molecule has 4 rings (SSSR count). The predicted octanol–water partition coefficient (Wildman–Crippen LogP) is 4.08. The first-order valence-corrected chi connectivity index (χ1v) is 12.2. The molecule has 2 amide bonds. The summed E-state index contributed by atoms with van der Waals surface area (Å²) in [4.78, 5) is 29.2. The molecule has 0 saturated heterocycles. The molecule has 0 spiro atoms. The highest BCUT2D eigenvalue weighted by Gasteiger charge is 2.15. The summed E-state index contributed by atoms with van der Waals surface area (Å²) >= 11 is 2.68. The maximum Gasteiger partial charge on any atom is 0.251 e. The van der Waals surface area contributed by atoms with Gasteiger partial charge in [0.05, 0.1) is 18.0 Å². The Hall–Kier alpha value is -3.50. The summed E-state index contributed by atoms with van der Waals surface area (Å²) < 4.78 is 1.89. The molecular weight excluding hydrogens is 456 g/mol. The minimum atomic E-state index is -0.173. The van der Waals surface area contributed by atoms with Gasteiger partial charge in [0.1, 0.15) is 0 Å². The molecule has 0 aliphatic heterocycles. The fraction of sp³-hybridized carbons (Fsp3) is 0.174. The van der Waals surface area contributed by atoms with Gasteiger partial charge in [-0.3, -0.25) is 9.59 Å². The lowest BCUT2D eigenvalue weighted by Crippen LogP contribution is -2.24. The molecule has 0 fully saturated rings. The van der Waals surface area contributed by atoms with Crippen LogP contribution in [-0.2, 0) is 17.9 Å².